The molecule has 0 saturated heterocycles. The van der Waals surface area contributed by atoms with E-state index in [2.05, 4.69) is 27.0 Å². The Hall–Kier alpha value is -2.16. The van der Waals surface area contributed by atoms with E-state index in [1.165, 1.54) is 17.8 Å². The van der Waals surface area contributed by atoms with Crippen LogP contribution in [0.25, 0.3) is 11.3 Å². The Labute approximate surface area is 152 Å². The third-order valence-corrected chi connectivity index (χ3v) is 5.09. The van der Waals surface area contributed by atoms with Crippen LogP contribution in [0.5, 0.6) is 0 Å². The van der Waals surface area contributed by atoms with Crippen LogP contribution in [0.3, 0.4) is 0 Å². The van der Waals surface area contributed by atoms with Crippen LogP contribution in [0.15, 0.2) is 70.2 Å². The van der Waals surface area contributed by atoms with Gasteiger partial charge in [0.25, 0.3) is 0 Å². The van der Waals surface area contributed by atoms with Gasteiger partial charge in [-0.05, 0) is 33.6 Å². The van der Waals surface area contributed by atoms with Crippen molar-refractivity contribution in [3.8, 4) is 17.3 Å². The number of aromatic nitrogens is 1. The topological polar surface area (TPSA) is 36.7 Å². The largest absolute Gasteiger partial charge is 0.240 e. The van der Waals surface area contributed by atoms with Gasteiger partial charge in [-0.2, -0.15) is 5.26 Å². The maximum Gasteiger partial charge on any atom is 0.127 e. The van der Waals surface area contributed by atoms with E-state index in [4.69, 9.17) is 0 Å². The van der Waals surface area contributed by atoms with Gasteiger partial charge in [-0.3, -0.25) is 0 Å². The third kappa shape index (κ3) is 3.66. The average molecular weight is 399 g/mol. The zero-order valence-electron chi connectivity index (χ0n) is 12.5. The second kappa shape index (κ2) is 7.61. The fourth-order valence-corrected chi connectivity index (χ4v) is 3.83. The average Bonchev–Trinajstić information content (AvgIpc) is 2.61. The Morgan fingerprint density at radius 3 is 2.50 bits per heavy atom. The van der Waals surface area contributed by atoms with Crippen LogP contribution < -0.4 is 0 Å². The molecular weight excluding hydrogens is 387 g/mol. The van der Waals surface area contributed by atoms with E-state index in [1.807, 2.05) is 36.4 Å². The first-order chi connectivity index (χ1) is 11.7. The van der Waals surface area contributed by atoms with Gasteiger partial charge in [0.2, 0.25) is 0 Å². The molecule has 0 unspecified atom stereocenters. The van der Waals surface area contributed by atoms with E-state index in [0.717, 1.165) is 11.3 Å². The van der Waals surface area contributed by atoms with E-state index >= 15 is 0 Å². The van der Waals surface area contributed by atoms with Crippen LogP contribution in [0.2, 0.25) is 0 Å². The number of halogens is 2. The predicted octanol–water partition coefficient (Wildman–Crippen LogP) is 5.81. The SMILES string of the molecule is N#Cc1c(Br)cc(-c2ccccc2)nc1SCc1ccccc1F. The highest BCUT2D eigenvalue weighted by Crippen LogP contribution is 2.33. The maximum absolute atomic E-state index is 13.8. The first-order valence-corrected chi connectivity index (χ1v) is 8.99. The van der Waals surface area contributed by atoms with E-state index < -0.39 is 0 Å². The quantitative estimate of drug-likeness (QED) is 0.519. The van der Waals surface area contributed by atoms with Gasteiger partial charge < -0.3 is 0 Å². The van der Waals surface area contributed by atoms with Gasteiger partial charge in [-0.1, -0.05) is 48.5 Å². The van der Waals surface area contributed by atoms with Gasteiger partial charge >= 0.3 is 0 Å². The molecule has 0 saturated carbocycles. The summed E-state index contributed by atoms with van der Waals surface area (Å²) in [5.41, 5.74) is 2.80. The number of benzene rings is 2. The molecule has 0 spiro atoms. The Bertz CT molecular complexity index is 907. The van der Waals surface area contributed by atoms with Gasteiger partial charge in [0.15, 0.2) is 0 Å². The lowest BCUT2D eigenvalue weighted by atomic mass is 10.1. The summed E-state index contributed by atoms with van der Waals surface area (Å²) in [4.78, 5) is 4.61. The summed E-state index contributed by atoms with van der Waals surface area (Å²) >= 11 is 4.80. The molecule has 0 radical (unpaired) electrons. The zero-order chi connectivity index (χ0) is 16.9. The summed E-state index contributed by atoms with van der Waals surface area (Å²) in [5, 5.41) is 10.00. The van der Waals surface area contributed by atoms with E-state index in [9.17, 15) is 9.65 Å². The summed E-state index contributed by atoms with van der Waals surface area (Å²) < 4.78 is 14.5. The molecule has 24 heavy (non-hydrogen) atoms. The van der Waals surface area contributed by atoms with E-state index in [0.29, 0.717) is 26.4 Å². The van der Waals surface area contributed by atoms with Crippen molar-refractivity contribution in [2.45, 2.75) is 10.8 Å². The molecule has 3 aromatic rings. The van der Waals surface area contributed by atoms with Crippen molar-refractivity contribution in [3.05, 3.63) is 82.1 Å². The molecular formula is C19H12BrFN2S. The molecule has 0 aliphatic carbocycles. The second-order valence-electron chi connectivity index (χ2n) is 5.03. The summed E-state index contributed by atoms with van der Waals surface area (Å²) in [6.07, 6.45) is 0. The van der Waals surface area contributed by atoms with Crippen molar-refractivity contribution in [1.29, 1.82) is 5.26 Å². The van der Waals surface area contributed by atoms with E-state index in [-0.39, 0.29) is 5.82 Å². The molecule has 0 N–H and O–H groups in total. The van der Waals surface area contributed by atoms with Crippen molar-refractivity contribution in [2.75, 3.05) is 0 Å². The maximum atomic E-state index is 13.8. The van der Waals surface area contributed by atoms with Crippen molar-refractivity contribution >= 4 is 27.7 Å². The summed E-state index contributed by atoms with van der Waals surface area (Å²) in [7, 11) is 0. The molecule has 118 valence electrons. The van der Waals surface area contributed by atoms with Gasteiger partial charge in [-0.15, -0.1) is 11.8 Å². The number of nitriles is 1. The highest BCUT2D eigenvalue weighted by molar-refractivity contribution is 9.10. The lowest BCUT2D eigenvalue weighted by molar-refractivity contribution is 0.617. The first kappa shape index (κ1) is 16.7. The van der Waals surface area contributed by atoms with Crippen LogP contribution in [0, 0.1) is 17.1 Å². The molecule has 1 aromatic heterocycles. The minimum atomic E-state index is -0.248. The molecule has 0 amide bonds. The second-order valence-corrected chi connectivity index (χ2v) is 6.85. The summed E-state index contributed by atoms with van der Waals surface area (Å²) in [6.45, 7) is 0. The highest BCUT2D eigenvalue weighted by atomic mass is 79.9. The molecule has 0 fully saturated rings. The first-order valence-electron chi connectivity index (χ1n) is 7.21. The van der Waals surface area contributed by atoms with Gasteiger partial charge in [-0.25, -0.2) is 9.37 Å². The van der Waals surface area contributed by atoms with Crippen molar-refractivity contribution in [1.82, 2.24) is 4.98 Å². The van der Waals surface area contributed by atoms with Gasteiger partial charge in [0.1, 0.15) is 16.9 Å². The molecule has 0 atom stereocenters. The third-order valence-electron chi connectivity index (χ3n) is 3.44. The predicted molar refractivity (Wildman–Crippen MR) is 98.0 cm³/mol. The van der Waals surface area contributed by atoms with Gasteiger partial charge in [0.05, 0.1) is 11.3 Å². The number of pyridine rings is 1. The van der Waals surface area contributed by atoms with Crippen LogP contribution in [0.4, 0.5) is 4.39 Å². The van der Waals surface area contributed by atoms with Crippen LogP contribution in [0.1, 0.15) is 11.1 Å². The molecule has 0 aliphatic heterocycles. The number of hydrogen-bond donors (Lipinski definition) is 0. The molecule has 5 heteroatoms. The minimum Gasteiger partial charge on any atom is -0.240 e. The van der Waals surface area contributed by atoms with Crippen molar-refractivity contribution < 1.29 is 4.39 Å². The van der Waals surface area contributed by atoms with Crippen molar-refractivity contribution in [3.63, 3.8) is 0 Å². The molecule has 2 nitrogen and oxygen atoms in total. The highest BCUT2D eigenvalue weighted by Gasteiger charge is 2.13. The summed E-state index contributed by atoms with van der Waals surface area (Å²) in [6, 6.07) is 20.4. The zero-order valence-corrected chi connectivity index (χ0v) is 14.9. The van der Waals surface area contributed by atoms with Crippen LogP contribution in [-0.2, 0) is 5.75 Å². The molecule has 3 rings (SSSR count). The van der Waals surface area contributed by atoms with Gasteiger partial charge in [0, 0.05) is 15.8 Å². The molecule has 0 aliphatic rings. The number of hydrogen-bond acceptors (Lipinski definition) is 3. The Morgan fingerprint density at radius 2 is 1.79 bits per heavy atom. The fourth-order valence-electron chi connectivity index (χ4n) is 2.22. The Balaban J connectivity index is 1.95. The van der Waals surface area contributed by atoms with Crippen LogP contribution in [-0.4, -0.2) is 4.98 Å². The minimum absolute atomic E-state index is 0.248. The molecule has 2 aromatic carbocycles. The summed E-state index contributed by atoms with van der Waals surface area (Å²) in [5.74, 6) is 0.167. The number of thioether (sulfide) groups is 1. The number of rotatable bonds is 4. The fraction of sp³-hybridized carbons (Fsp3) is 0.0526. The normalized spacial score (nSPS) is 10.4. The smallest absolute Gasteiger partial charge is 0.127 e. The van der Waals surface area contributed by atoms with Crippen molar-refractivity contribution in [2.24, 2.45) is 0 Å². The Morgan fingerprint density at radius 1 is 1.08 bits per heavy atom. The molecule has 0 bridgehead atoms. The number of nitrogens with zero attached hydrogens (tertiary/aromatic N) is 2. The lowest BCUT2D eigenvalue weighted by Gasteiger charge is -2.09. The van der Waals surface area contributed by atoms with Crippen LogP contribution >= 0.6 is 27.7 Å². The Kier molecular flexibility index (Phi) is 5.29. The monoisotopic (exact) mass is 398 g/mol. The van der Waals surface area contributed by atoms with E-state index in [1.54, 1.807) is 18.2 Å². The lowest BCUT2D eigenvalue weighted by Crippen LogP contribution is -1.94. The standard InChI is InChI=1S/C19H12BrFN2S/c20-16-10-18(13-6-2-1-3-7-13)23-19(15(16)11-22)24-12-14-8-4-5-9-17(14)21/h1-10H,12H2. The molecule has 1 heterocycles.